The molecule has 2 aromatic heterocycles. The molecular formula is C20H19FN4O. The topological polar surface area (TPSA) is 60.7 Å². The molecule has 0 N–H and O–H groups in total. The third-order valence-corrected chi connectivity index (χ3v) is 4.81. The maximum Gasteiger partial charge on any atom is 0.251 e. The van der Waals surface area contributed by atoms with E-state index in [4.69, 9.17) is 0 Å². The minimum absolute atomic E-state index is 0.00337. The summed E-state index contributed by atoms with van der Waals surface area (Å²) >= 11 is 0. The summed E-state index contributed by atoms with van der Waals surface area (Å²) in [4.78, 5) is 21.7. The van der Waals surface area contributed by atoms with Crippen LogP contribution in [0, 0.1) is 26.6 Å². The lowest BCUT2D eigenvalue weighted by Crippen LogP contribution is -2.21. The molecule has 3 aromatic rings. The summed E-state index contributed by atoms with van der Waals surface area (Å²) in [6.45, 7) is 5.66. The Labute approximate surface area is 150 Å². The molecule has 5 nitrogen and oxygen atoms in total. The summed E-state index contributed by atoms with van der Waals surface area (Å²) in [6.07, 6.45) is 1.04. The Hall–Kier alpha value is -2.89. The van der Waals surface area contributed by atoms with Crippen molar-refractivity contribution in [2.75, 3.05) is 0 Å². The zero-order chi connectivity index (χ0) is 18.4. The highest BCUT2D eigenvalue weighted by Crippen LogP contribution is 2.34. The van der Waals surface area contributed by atoms with Crippen molar-refractivity contribution in [2.24, 2.45) is 0 Å². The number of hydrogen-bond donors (Lipinski definition) is 0. The molecular weight excluding hydrogens is 331 g/mol. The number of nitrogens with zero attached hydrogens (tertiary/aromatic N) is 4. The Morgan fingerprint density at radius 3 is 2.35 bits per heavy atom. The molecule has 0 bridgehead atoms. The van der Waals surface area contributed by atoms with Gasteiger partial charge in [0.2, 0.25) is 0 Å². The van der Waals surface area contributed by atoms with Crippen LogP contribution in [0.4, 0.5) is 4.39 Å². The fourth-order valence-electron chi connectivity index (χ4n) is 3.70. The number of benzene rings is 1. The summed E-state index contributed by atoms with van der Waals surface area (Å²) < 4.78 is 14.9. The van der Waals surface area contributed by atoms with Crippen LogP contribution in [0.25, 0.3) is 5.95 Å². The van der Waals surface area contributed by atoms with E-state index in [-0.39, 0.29) is 17.5 Å². The maximum absolute atomic E-state index is 13.2. The number of hydrogen-bond acceptors (Lipinski definition) is 4. The molecule has 1 aliphatic rings. The van der Waals surface area contributed by atoms with Gasteiger partial charge in [0, 0.05) is 17.8 Å². The fraction of sp³-hybridized carbons (Fsp3) is 0.300. The lowest BCUT2D eigenvalue weighted by atomic mass is 9.81. The SMILES string of the molecule is Cc1cc(C)nc(-n2nc(C)c3c2C[C@H](c2ccc(F)cc2)CC3=O)n1. The van der Waals surface area contributed by atoms with E-state index in [0.717, 1.165) is 22.6 Å². The van der Waals surface area contributed by atoms with E-state index >= 15 is 0 Å². The van der Waals surface area contributed by atoms with Gasteiger partial charge in [0.1, 0.15) is 5.82 Å². The number of aryl methyl sites for hydroxylation is 3. The van der Waals surface area contributed by atoms with Gasteiger partial charge in [0.05, 0.1) is 17.0 Å². The number of rotatable bonds is 2. The van der Waals surface area contributed by atoms with Gasteiger partial charge in [-0.15, -0.1) is 0 Å². The van der Waals surface area contributed by atoms with Gasteiger partial charge in [-0.05, 0) is 56.9 Å². The number of halogens is 1. The molecule has 1 atom stereocenters. The van der Waals surface area contributed by atoms with Crippen molar-refractivity contribution < 1.29 is 9.18 Å². The summed E-state index contributed by atoms with van der Waals surface area (Å²) in [5.41, 5.74) is 4.87. The third-order valence-electron chi connectivity index (χ3n) is 4.81. The van der Waals surface area contributed by atoms with E-state index in [1.807, 2.05) is 26.8 Å². The predicted molar refractivity (Wildman–Crippen MR) is 95.2 cm³/mol. The molecule has 132 valence electrons. The molecule has 2 heterocycles. The highest BCUT2D eigenvalue weighted by molar-refractivity contribution is 6.00. The van der Waals surface area contributed by atoms with Crippen LogP contribution in [-0.4, -0.2) is 25.5 Å². The Kier molecular flexibility index (Phi) is 3.90. The van der Waals surface area contributed by atoms with Gasteiger partial charge in [-0.2, -0.15) is 5.10 Å². The van der Waals surface area contributed by atoms with Crippen molar-refractivity contribution in [3.8, 4) is 5.95 Å². The molecule has 0 amide bonds. The molecule has 0 fully saturated rings. The smallest absolute Gasteiger partial charge is 0.251 e. The summed E-state index contributed by atoms with van der Waals surface area (Å²) in [6, 6.07) is 8.27. The van der Waals surface area contributed by atoms with E-state index in [9.17, 15) is 9.18 Å². The summed E-state index contributed by atoms with van der Waals surface area (Å²) in [5.74, 6) is 0.269. The number of ketones is 1. The Morgan fingerprint density at radius 1 is 1.04 bits per heavy atom. The minimum atomic E-state index is -0.277. The van der Waals surface area contributed by atoms with Gasteiger partial charge in [0.25, 0.3) is 5.95 Å². The van der Waals surface area contributed by atoms with Crippen LogP contribution in [0.15, 0.2) is 30.3 Å². The first kappa shape index (κ1) is 16.6. The maximum atomic E-state index is 13.2. The van der Waals surface area contributed by atoms with Gasteiger partial charge in [-0.1, -0.05) is 12.1 Å². The third kappa shape index (κ3) is 2.81. The van der Waals surface area contributed by atoms with E-state index in [1.165, 1.54) is 12.1 Å². The first-order chi connectivity index (χ1) is 12.4. The van der Waals surface area contributed by atoms with Crippen LogP contribution in [0.5, 0.6) is 0 Å². The molecule has 0 unspecified atom stereocenters. The normalized spacial score (nSPS) is 16.6. The van der Waals surface area contributed by atoms with Gasteiger partial charge in [-0.25, -0.2) is 19.0 Å². The van der Waals surface area contributed by atoms with Crippen LogP contribution in [0.1, 0.15) is 51.0 Å². The Morgan fingerprint density at radius 2 is 1.69 bits per heavy atom. The van der Waals surface area contributed by atoms with E-state index in [2.05, 4.69) is 15.1 Å². The molecule has 0 radical (unpaired) electrons. The van der Waals surface area contributed by atoms with Crippen LogP contribution in [0.3, 0.4) is 0 Å². The zero-order valence-corrected chi connectivity index (χ0v) is 15.0. The molecule has 0 spiro atoms. The van der Waals surface area contributed by atoms with Crippen molar-refractivity contribution >= 4 is 5.78 Å². The quantitative estimate of drug-likeness (QED) is 0.708. The largest absolute Gasteiger partial charge is 0.294 e. The summed E-state index contributed by atoms with van der Waals surface area (Å²) in [7, 11) is 0. The molecule has 1 aliphatic carbocycles. The van der Waals surface area contributed by atoms with Crippen molar-refractivity contribution in [1.29, 1.82) is 0 Å². The average Bonchev–Trinajstić information content (AvgIpc) is 2.92. The summed E-state index contributed by atoms with van der Waals surface area (Å²) in [5, 5.41) is 4.55. The average molecular weight is 350 g/mol. The van der Waals surface area contributed by atoms with Gasteiger partial charge < -0.3 is 0 Å². The van der Waals surface area contributed by atoms with Crippen LogP contribution in [-0.2, 0) is 6.42 Å². The van der Waals surface area contributed by atoms with Crippen molar-refractivity contribution in [3.63, 3.8) is 0 Å². The second kappa shape index (κ2) is 6.12. The van der Waals surface area contributed by atoms with E-state index < -0.39 is 0 Å². The number of carbonyl (C=O) groups is 1. The molecule has 6 heteroatoms. The molecule has 4 rings (SSSR count). The standard InChI is InChI=1S/C20H19FN4O/c1-11-8-12(2)23-20(22-11)25-17-9-15(14-4-6-16(21)7-5-14)10-18(26)19(17)13(3)24-25/h4-8,15H,9-10H2,1-3H3/t15-/m0/s1. The van der Waals surface area contributed by atoms with Crippen molar-refractivity contribution in [1.82, 2.24) is 19.7 Å². The van der Waals surface area contributed by atoms with Crippen LogP contribution < -0.4 is 0 Å². The monoisotopic (exact) mass is 350 g/mol. The molecule has 0 saturated heterocycles. The number of aromatic nitrogens is 4. The number of Topliss-reactive ketones (excluding diaryl/α,β-unsaturated/α-hetero) is 1. The second-order valence-electron chi connectivity index (χ2n) is 6.85. The second-order valence-corrected chi connectivity index (χ2v) is 6.85. The lowest BCUT2D eigenvalue weighted by Gasteiger charge is -2.23. The zero-order valence-electron chi connectivity index (χ0n) is 15.0. The van der Waals surface area contributed by atoms with Crippen molar-refractivity contribution in [2.45, 2.75) is 39.5 Å². The number of fused-ring (bicyclic) bond motifs is 1. The molecule has 1 aromatic carbocycles. The van der Waals surface area contributed by atoms with E-state index in [0.29, 0.717) is 30.0 Å². The van der Waals surface area contributed by atoms with Crippen LogP contribution in [0.2, 0.25) is 0 Å². The minimum Gasteiger partial charge on any atom is -0.294 e. The number of carbonyl (C=O) groups excluding carboxylic acids is 1. The Bertz CT molecular complexity index is 987. The van der Waals surface area contributed by atoms with Crippen molar-refractivity contribution in [3.05, 3.63) is 70.1 Å². The van der Waals surface area contributed by atoms with E-state index in [1.54, 1.807) is 16.8 Å². The fourth-order valence-corrected chi connectivity index (χ4v) is 3.70. The highest BCUT2D eigenvalue weighted by Gasteiger charge is 2.32. The highest BCUT2D eigenvalue weighted by atomic mass is 19.1. The first-order valence-corrected chi connectivity index (χ1v) is 8.62. The van der Waals surface area contributed by atoms with Gasteiger partial charge in [-0.3, -0.25) is 4.79 Å². The predicted octanol–water partition coefficient (Wildman–Crippen LogP) is 3.64. The van der Waals surface area contributed by atoms with Gasteiger partial charge in [0.15, 0.2) is 5.78 Å². The molecule has 0 saturated carbocycles. The van der Waals surface area contributed by atoms with Crippen LogP contribution >= 0.6 is 0 Å². The Balaban J connectivity index is 1.81. The molecule has 0 aliphatic heterocycles. The molecule has 26 heavy (non-hydrogen) atoms. The lowest BCUT2D eigenvalue weighted by molar-refractivity contribution is 0.0963. The van der Waals surface area contributed by atoms with Gasteiger partial charge >= 0.3 is 0 Å². The first-order valence-electron chi connectivity index (χ1n) is 8.62.